The van der Waals surface area contributed by atoms with Crippen molar-refractivity contribution in [1.29, 1.82) is 5.26 Å². The van der Waals surface area contributed by atoms with Crippen molar-refractivity contribution in [3.8, 4) is 6.07 Å². The fourth-order valence-corrected chi connectivity index (χ4v) is 4.16. The molecule has 1 aliphatic heterocycles. The number of aryl methyl sites for hydroxylation is 1. The van der Waals surface area contributed by atoms with Gasteiger partial charge in [0.25, 0.3) is 0 Å². The first-order valence-electron chi connectivity index (χ1n) is 10.2. The van der Waals surface area contributed by atoms with Gasteiger partial charge in [0.05, 0.1) is 22.7 Å². The van der Waals surface area contributed by atoms with Crippen molar-refractivity contribution < 1.29 is 9.90 Å². The summed E-state index contributed by atoms with van der Waals surface area (Å²) in [6, 6.07) is 15.0. The van der Waals surface area contributed by atoms with Crippen LogP contribution in [-0.2, 0) is 0 Å². The minimum Gasteiger partial charge on any atom is -0.478 e. The minimum absolute atomic E-state index is 0.194. The predicted octanol–water partition coefficient (Wildman–Crippen LogP) is 4.89. The molecule has 2 heterocycles. The first-order chi connectivity index (χ1) is 14.5. The number of rotatable bonds is 5. The van der Waals surface area contributed by atoms with E-state index in [2.05, 4.69) is 16.3 Å². The summed E-state index contributed by atoms with van der Waals surface area (Å²) >= 11 is 0. The number of carboxylic acid groups (broad SMARTS) is 1. The lowest BCUT2D eigenvalue weighted by molar-refractivity contribution is 0.0698. The van der Waals surface area contributed by atoms with Gasteiger partial charge in [0, 0.05) is 29.7 Å². The Labute approximate surface area is 175 Å². The number of aromatic nitrogens is 1. The number of anilines is 2. The second-order valence-corrected chi connectivity index (χ2v) is 7.75. The second-order valence-electron chi connectivity index (χ2n) is 7.75. The van der Waals surface area contributed by atoms with E-state index in [4.69, 9.17) is 4.98 Å². The van der Waals surface area contributed by atoms with Crippen LogP contribution in [0, 0.1) is 18.3 Å². The number of benzene rings is 2. The van der Waals surface area contributed by atoms with Crippen molar-refractivity contribution >= 4 is 28.4 Å². The number of nitriles is 1. The van der Waals surface area contributed by atoms with Gasteiger partial charge in [0.15, 0.2) is 0 Å². The van der Waals surface area contributed by atoms with E-state index in [0.717, 1.165) is 53.8 Å². The Hall–Kier alpha value is -3.59. The molecule has 6 heteroatoms. The zero-order valence-corrected chi connectivity index (χ0v) is 17.1. The second kappa shape index (κ2) is 8.03. The van der Waals surface area contributed by atoms with Gasteiger partial charge in [0.1, 0.15) is 11.9 Å². The third-order valence-corrected chi connectivity index (χ3v) is 5.73. The normalized spacial score (nSPS) is 14.5. The average Bonchev–Trinajstić information content (AvgIpc) is 3.28. The molecule has 1 fully saturated rings. The molecule has 1 aliphatic rings. The summed E-state index contributed by atoms with van der Waals surface area (Å²) in [6.07, 6.45) is 2.32. The summed E-state index contributed by atoms with van der Waals surface area (Å²) in [5.41, 5.74) is 4.04. The molecular formula is C24H24N4O2. The largest absolute Gasteiger partial charge is 0.478 e. The summed E-state index contributed by atoms with van der Waals surface area (Å²) in [5, 5.41) is 23.4. The van der Waals surface area contributed by atoms with E-state index in [1.54, 1.807) is 18.2 Å². The molecule has 0 unspecified atom stereocenters. The maximum absolute atomic E-state index is 11.6. The summed E-state index contributed by atoms with van der Waals surface area (Å²) < 4.78 is 0. The third kappa shape index (κ3) is 3.55. The van der Waals surface area contributed by atoms with Crippen LogP contribution in [0.2, 0.25) is 0 Å². The summed E-state index contributed by atoms with van der Waals surface area (Å²) in [6.45, 7) is 5.89. The molecule has 4 rings (SSSR count). The number of aromatic carboxylic acids is 1. The topological polar surface area (TPSA) is 89.2 Å². The highest BCUT2D eigenvalue weighted by Gasteiger charge is 2.20. The predicted molar refractivity (Wildman–Crippen MR) is 118 cm³/mol. The van der Waals surface area contributed by atoms with E-state index in [0.29, 0.717) is 11.3 Å². The van der Waals surface area contributed by atoms with Gasteiger partial charge in [-0.15, -0.1) is 0 Å². The molecule has 0 amide bonds. The van der Waals surface area contributed by atoms with Crippen molar-refractivity contribution in [1.82, 2.24) is 4.98 Å². The lowest BCUT2D eigenvalue weighted by Gasteiger charge is -2.22. The van der Waals surface area contributed by atoms with E-state index < -0.39 is 5.97 Å². The monoisotopic (exact) mass is 400 g/mol. The summed E-state index contributed by atoms with van der Waals surface area (Å²) in [5.74, 6) is -0.0484. The fraction of sp³-hybridized carbons (Fsp3) is 0.292. The Morgan fingerprint density at radius 3 is 2.67 bits per heavy atom. The Kier molecular flexibility index (Phi) is 5.28. The minimum atomic E-state index is -0.972. The Morgan fingerprint density at radius 1 is 1.23 bits per heavy atom. The smallest absolute Gasteiger partial charge is 0.337 e. The van der Waals surface area contributed by atoms with Crippen LogP contribution in [0.3, 0.4) is 0 Å². The summed E-state index contributed by atoms with van der Waals surface area (Å²) in [4.78, 5) is 18.8. The highest BCUT2D eigenvalue weighted by Crippen LogP contribution is 2.33. The Bertz CT molecular complexity index is 1160. The maximum atomic E-state index is 11.6. The van der Waals surface area contributed by atoms with Crippen LogP contribution in [-0.4, -0.2) is 29.1 Å². The number of fused-ring (bicyclic) bond motifs is 1. The highest BCUT2D eigenvalue weighted by molar-refractivity contribution is 5.95. The molecule has 3 aromatic rings. The molecule has 0 aliphatic carbocycles. The molecule has 1 saturated heterocycles. The van der Waals surface area contributed by atoms with Crippen LogP contribution in [0.25, 0.3) is 10.9 Å². The Morgan fingerprint density at radius 2 is 1.97 bits per heavy atom. The van der Waals surface area contributed by atoms with Gasteiger partial charge in [-0.25, -0.2) is 9.78 Å². The third-order valence-electron chi connectivity index (χ3n) is 5.73. The van der Waals surface area contributed by atoms with Crippen molar-refractivity contribution in [2.45, 2.75) is 32.7 Å². The number of para-hydroxylation sites is 1. The molecule has 1 atom stereocenters. The van der Waals surface area contributed by atoms with E-state index in [1.807, 2.05) is 38.1 Å². The van der Waals surface area contributed by atoms with Crippen molar-refractivity contribution in [2.24, 2.45) is 0 Å². The molecule has 30 heavy (non-hydrogen) atoms. The lowest BCUT2D eigenvalue weighted by atomic mass is 9.95. The molecule has 0 bridgehead atoms. The van der Waals surface area contributed by atoms with Gasteiger partial charge in [-0.05, 0) is 56.5 Å². The lowest BCUT2D eigenvalue weighted by Crippen LogP contribution is -2.19. The molecule has 2 N–H and O–H groups in total. The molecule has 0 spiro atoms. The van der Waals surface area contributed by atoms with Crippen LogP contribution in [0.1, 0.15) is 52.9 Å². The van der Waals surface area contributed by atoms with Crippen LogP contribution in [0.5, 0.6) is 0 Å². The fourth-order valence-electron chi connectivity index (χ4n) is 4.16. The number of carboxylic acids is 1. The van der Waals surface area contributed by atoms with Crippen molar-refractivity contribution in [3.63, 3.8) is 0 Å². The molecule has 152 valence electrons. The zero-order chi connectivity index (χ0) is 21.3. The first kappa shape index (κ1) is 19.7. The van der Waals surface area contributed by atoms with Crippen molar-refractivity contribution in [2.75, 3.05) is 23.3 Å². The van der Waals surface area contributed by atoms with Gasteiger partial charge in [-0.2, -0.15) is 5.26 Å². The van der Waals surface area contributed by atoms with Crippen LogP contribution in [0.15, 0.2) is 42.5 Å². The van der Waals surface area contributed by atoms with Gasteiger partial charge in [-0.1, -0.05) is 18.2 Å². The van der Waals surface area contributed by atoms with E-state index >= 15 is 0 Å². The molecule has 0 radical (unpaired) electrons. The number of hydrogen-bond donors (Lipinski definition) is 2. The number of carbonyl (C=O) groups is 1. The van der Waals surface area contributed by atoms with Crippen LogP contribution in [0.4, 0.5) is 11.5 Å². The van der Waals surface area contributed by atoms with Crippen molar-refractivity contribution in [3.05, 3.63) is 64.7 Å². The van der Waals surface area contributed by atoms with E-state index in [9.17, 15) is 15.2 Å². The van der Waals surface area contributed by atoms with Gasteiger partial charge in [0.2, 0.25) is 0 Å². The first-order valence-corrected chi connectivity index (χ1v) is 10.2. The maximum Gasteiger partial charge on any atom is 0.337 e. The molecular weight excluding hydrogens is 376 g/mol. The zero-order valence-electron chi connectivity index (χ0n) is 17.1. The van der Waals surface area contributed by atoms with Gasteiger partial charge < -0.3 is 15.3 Å². The molecule has 6 nitrogen and oxygen atoms in total. The highest BCUT2D eigenvalue weighted by atomic mass is 16.4. The number of nitrogens with one attached hydrogen (secondary N) is 1. The quantitative estimate of drug-likeness (QED) is 0.634. The standard InChI is InChI=1S/C24H24N4O2/c1-15-13-19(16(2)26-21-8-4-3-7-18(21)24(29)30)23-17(20(15)14-25)9-10-22(27-23)28-11-5-6-12-28/h3-4,7-10,13,16,26H,5-6,11-12H2,1-2H3,(H,29,30)/t16-/m1/s1. The van der Waals surface area contributed by atoms with E-state index in [-0.39, 0.29) is 11.6 Å². The summed E-state index contributed by atoms with van der Waals surface area (Å²) in [7, 11) is 0. The van der Waals surface area contributed by atoms with Crippen LogP contribution >= 0.6 is 0 Å². The average molecular weight is 400 g/mol. The van der Waals surface area contributed by atoms with Crippen LogP contribution < -0.4 is 10.2 Å². The molecule has 0 saturated carbocycles. The molecule has 1 aromatic heterocycles. The number of pyridine rings is 1. The number of nitrogens with zero attached hydrogens (tertiary/aromatic N) is 3. The SMILES string of the molecule is Cc1cc([C@@H](C)Nc2ccccc2C(=O)O)c2nc(N3CCCC3)ccc2c1C#N. The van der Waals surface area contributed by atoms with E-state index in [1.165, 1.54) is 0 Å². The number of hydrogen-bond acceptors (Lipinski definition) is 5. The van der Waals surface area contributed by atoms with Gasteiger partial charge in [-0.3, -0.25) is 0 Å². The molecule has 2 aromatic carbocycles. The Balaban J connectivity index is 1.82. The van der Waals surface area contributed by atoms with Gasteiger partial charge >= 0.3 is 5.97 Å².